The summed E-state index contributed by atoms with van der Waals surface area (Å²) in [5, 5.41) is 3.95. The van der Waals surface area contributed by atoms with Crippen LogP contribution >= 0.6 is 23.2 Å². The fourth-order valence-corrected chi connectivity index (χ4v) is 5.23. The van der Waals surface area contributed by atoms with Crippen LogP contribution in [-0.2, 0) is 15.6 Å². The molecule has 4 rings (SSSR count). The first-order chi connectivity index (χ1) is 11.7. The van der Waals surface area contributed by atoms with Crippen LogP contribution in [0.5, 0.6) is 0 Å². The highest BCUT2D eigenvalue weighted by molar-refractivity contribution is 6.42. The number of halogens is 2. The average Bonchev–Trinajstić information content (AvgIpc) is 2.84. The van der Waals surface area contributed by atoms with Gasteiger partial charge in [-0.25, -0.2) is 9.97 Å². The largest absolute Gasteiger partial charge is 0.356 e. The first-order valence-corrected chi connectivity index (χ1v) is 9.40. The third kappa shape index (κ3) is 1.82. The number of nitrogens with one attached hydrogen (secondary N) is 1. The molecule has 1 fully saturated rings. The molecular weight excluding hydrogens is 357 g/mol. The van der Waals surface area contributed by atoms with Crippen LogP contribution < -0.4 is 5.32 Å². The molecule has 2 atom stereocenters. The predicted molar refractivity (Wildman–Crippen MR) is 100 cm³/mol. The highest BCUT2D eigenvalue weighted by atomic mass is 35.5. The van der Waals surface area contributed by atoms with E-state index in [2.05, 4.69) is 26.1 Å². The number of aromatic nitrogens is 2. The second-order valence-corrected chi connectivity index (χ2v) is 8.71. The van der Waals surface area contributed by atoms with Crippen LogP contribution in [-0.4, -0.2) is 22.4 Å². The molecule has 2 aliphatic rings. The molecule has 0 saturated heterocycles. The summed E-state index contributed by atoms with van der Waals surface area (Å²) in [6, 6.07) is 3.49. The van der Waals surface area contributed by atoms with Crippen LogP contribution in [0.2, 0.25) is 10.0 Å². The molecule has 0 radical (unpaired) electrons. The molecule has 2 aromatic rings. The van der Waals surface area contributed by atoms with E-state index < -0.39 is 5.41 Å². The van der Waals surface area contributed by atoms with Crippen molar-refractivity contribution in [2.75, 3.05) is 6.54 Å². The highest BCUT2D eigenvalue weighted by Crippen LogP contribution is 2.70. The van der Waals surface area contributed by atoms with E-state index in [0.29, 0.717) is 22.1 Å². The predicted octanol–water partition coefficient (Wildman–Crippen LogP) is 4.40. The molecule has 4 nitrogen and oxygen atoms in total. The Morgan fingerprint density at radius 2 is 1.64 bits per heavy atom. The summed E-state index contributed by atoms with van der Waals surface area (Å²) in [6.45, 7) is 9.09. The minimum Gasteiger partial charge on any atom is -0.356 e. The number of benzene rings is 1. The van der Waals surface area contributed by atoms with E-state index in [1.54, 1.807) is 12.1 Å². The van der Waals surface area contributed by atoms with Gasteiger partial charge < -0.3 is 5.32 Å². The third-order valence-corrected chi connectivity index (χ3v) is 7.53. The van der Waals surface area contributed by atoms with Gasteiger partial charge in [-0.1, -0.05) is 44.0 Å². The molecule has 0 aliphatic heterocycles. The number of rotatable bonds is 2. The van der Waals surface area contributed by atoms with Gasteiger partial charge in [-0.3, -0.25) is 4.79 Å². The van der Waals surface area contributed by atoms with Crippen molar-refractivity contribution in [2.24, 2.45) is 5.41 Å². The third-order valence-electron chi connectivity index (χ3n) is 6.80. The van der Waals surface area contributed by atoms with Gasteiger partial charge in [0, 0.05) is 12.0 Å². The van der Waals surface area contributed by atoms with Crippen molar-refractivity contribution in [3.05, 3.63) is 33.6 Å². The van der Waals surface area contributed by atoms with E-state index in [0.717, 1.165) is 29.7 Å². The van der Waals surface area contributed by atoms with Gasteiger partial charge in [-0.2, -0.15) is 0 Å². The summed E-state index contributed by atoms with van der Waals surface area (Å²) in [4.78, 5) is 23.0. The van der Waals surface area contributed by atoms with Gasteiger partial charge in [0.2, 0.25) is 5.91 Å². The summed E-state index contributed by atoms with van der Waals surface area (Å²) in [5.74, 6) is 0.0520. The molecule has 2 aliphatic carbocycles. The Morgan fingerprint density at radius 1 is 1.08 bits per heavy atom. The fraction of sp³-hybridized carbons (Fsp3) is 0.526. The summed E-state index contributed by atoms with van der Waals surface area (Å²) >= 11 is 12.3. The quantitative estimate of drug-likeness (QED) is 0.843. The zero-order valence-electron chi connectivity index (χ0n) is 14.8. The fourth-order valence-electron chi connectivity index (χ4n) is 4.91. The zero-order valence-corrected chi connectivity index (χ0v) is 16.3. The monoisotopic (exact) mass is 377 g/mol. The van der Waals surface area contributed by atoms with E-state index in [9.17, 15) is 4.79 Å². The number of hydrogen-bond acceptors (Lipinski definition) is 3. The lowest BCUT2D eigenvalue weighted by Crippen LogP contribution is -2.51. The second-order valence-electron chi connectivity index (χ2n) is 7.90. The van der Waals surface area contributed by atoms with E-state index in [1.165, 1.54) is 0 Å². The minimum absolute atomic E-state index is 0.0520. The number of carbonyl (C=O) groups is 1. The molecule has 1 amide bonds. The van der Waals surface area contributed by atoms with Crippen molar-refractivity contribution in [3.8, 4) is 0 Å². The topological polar surface area (TPSA) is 54.9 Å². The number of likely N-dealkylation sites (N-methyl/N-ethyl adjacent to an activating group) is 1. The van der Waals surface area contributed by atoms with E-state index in [-0.39, 0.29) is 16.7 Å². The Labute approximate surface area is 157 Å². The van der Waals surface area contributed by atoms with Gasteiger partial charge in [0.15, 0.2) is 0 Å². The molecule has 1 aromatic heterocycles. The molecule has 1 aromatic carbocycles. The lowest BCUT2D eigenvalue weighted by molar-refractivity contribution is -0.130. The summed E-state index contributed by atoms with van der Waals surface area (Å²) in [5.41, 5.74) is 2.03. The molecule has 132 valence electrons. The van der Waals surface area contributed by atoms with E-state index in [1.807, 2.05) is 6.92 Å². The molecule has 1 N–H and O–H groups in total. The molecular formula is C19H21Cl2N3O. The number of fused-ring (bicyclic) bond motifs is 6. The zero-order chi connectivity index (χ0) is 18.2. The number of nitrogens with zero attached hydrogens (tertiary/aromatic N) is 2. The van der Waals surface area contributed by atoms with Crippen LogP contribution in [0.25, 0.3) is 11.0 Å². The first-order valence-electron chi connectivity index (χ1n) is 8.65. The van der Waals surface area contributed by atoms with Crippen molar-refractivity contribution in [2.45, 2.75) is 51.4 Å². The standard InChI is InChI=1S/C19H21Cl2N3O/c1-5-22-16(25)19-7-6-18(4,17(19,2)3)14-15(19)24-13-9-11(21)10(20)8-12(13)23-14/h8-9H,5-7H2,1-4H3,(H,22,25)/t18-,19+/m1/s1. The smallest absolute Gasteiger partial charge is 0.232 e. The van der Waals surface area contributed by atoms with Crippen molar-refractivity contribution in [1.82, 2.24) is 15.3 Å². The van der Waals surface area contributed by atoms with Crippen LogP contribution in [0.3, 0.4) is 0 Å². The van der Waals surface area contributed by atoms with E-state index >= 15 is 0 Å². The van der Waals surface area contributed by atoms with Gasteiger partial charge in [-0.05, 0) is 37.3 Å². The van der Waals surface area contributed by atoms with Crippen LogP contribution in [0.15, 0.2) is 12.1 Å². The second kappa shape index (κ2) is 5.08. The minimum atomic E-state index is -0.652. The Morgan fingerprint density at radius 3 is 2.20 bits per heavy atom. The molecule has 0 unspecified atom stereocenters. The molecule has 6 heteroatoms. The van der Waals surface area contributed by atoms with Gasteiger partial charge in [0.25, 0.3) is 0 Å². The van der Waals surface area contributed by atoms with Crippen molar-refractivity contribution in [1.29, 1.82) is 0 Å². The summed E-state index contributed by atoms with van der Waals surface area (Å²) < 4.78 is 0. The average molecular weight is 378 g/mol. The lowest BCUT2D eigenvalue weighted by atomic mass is 9.63. The maximum absolute atomic E-state index is 13.2. The van der Waals surface area contributed by atoms with Crippen LogP contribution in [0.1, 0.15) is 51.9 Å². The van der Waals surface area contributed by atoms with Crippen LogP contribution in [0, 0.1) is 5.41 Å². The molecule has 0 spiro atoms. The Kier molecular flexibility index (Phi) is 3.46. The Hall–Kier alpha value is -1.39. The summed E-state index contributed by atoms with van der Waals surface area (Å²) in [6.07, 6.45) is 1.71. The van der Waals surface area contributed by atoms with Gasteiger partial charge in [0.05, 0.1) is 37.9 Å². The van der Waals surface area contributed by atoms with Crippen molar-refractivity contribution in [3.63, 3.8) is 0 Å². The molecule has 2 bridgehead atoms. The maximum atomic E-state index is 13.2. The molecule has 1 heterocycles. The lowest BCUT2D eigenvalue weighted by Gasteiger charge is -2.39. The first kappa shape index (κ1) is 17.0. The highest BCUT2D eigenvalue weighted by Gasteiger charge is 2.73. The Bertz CT molecular complexity index is 927. The van der Waals surface area contributed by atoms with Crippen molar-refractivity contribution >= 4 is 40.1 Å². The molecule has 25 heavy (non-hydrogen) atoms. The number of amides is 1. The normalized spacial score (nSPS) is 29.0. The molecule has 1 saturated carbocycles. The summed E-state index contributed by atoms with van der Waals surface area (Å²) in [7, 11) is 0. The number of carbonyl (C=O) groups excluding carboxylic acids is 1. The maximum Gasteiger partial charge on any atom is 0.232 e. The van der Waals surface area contributed by atoms with Gasteiger partial charge in [0.1, 0.15) is 0 Å². The van der Waals surface area contributed by atoms with Crippen molar-refractivity contribution < 1.29 is 4.79 Å². The van der Waals surface area contributed by atoms with Crippen LogP contribution in [0.4, 0.5) is 0 Å². The van der Waals surface area contributed by atoms with E-state index in [4.69, 9.17) is 33.2 Å². The Balaban J connectivity index is 2.06. The SMILES string of the molecule is CCNC(=O)[C@]12CC[C@](C)(c3nc4cc(Cl)c(Cl)cc4nc31)C2(C)C. The van der Waals surface area contributed by atoms with Gasteiger partial charge >= 0.3 is 0 Å². The number of hydrogen-bond donors (Lipinski definition) is 1. The van der Waals surface area contributed by atoms with Gasteiger partial charge in [-0.15, -0.1) is 0 Å².